The quantitative estimate of drug-likeness (QED) is 0.705. The summed E-state index contributed by atoms with van der Waals surface area (Å²) in [5, 5.41) is 4.06. The largest absolute Gasteiger partial charge is 0.323 e. The molecule has 8 heteroatoms. The number of nitrogens with zero attached hydrogens (tertiary/aromatic N) is 2. The van der Waals surface area contributed by atoms with Gasteiger partial charge >= 0.3 is 0 Å². The number of carbonyl (C=O) groups excluding carboxylic acids is 1. The SMILES string of the molecule is CCc1cc2c(=O)n([C@@H](C)C(=O)Nc3cc(Cl)ccc3Cl)cnc2s1. The first kappa shape index (κ1) is 17.9. The van der Waals surface area contributed by atoms with Gasteiger partial charge in [0.15, 0.2) is 0 Å². The van der Waals surface area contributed by atoms with Gasteiger partial charge in [-0.2, -0.15) is 0 Å². The third-order valence-corrected chi connectivity index (χ3v) is 5.61. The van der Waals surface area contributed by atoms with Gasteiger partial charge < -0.3 is 5.32 Å². The third kappa shape index (κ3) is 3.56. The minimum atomic E-state index is -0.746. The van der Waals surface area contributed by atoms with E-state index in [-0.39, 0.29) is 11.5 Å². The highest BCUT2D eigenvalue weighted by Crippen LogP contribution is 2.26. The average Bonchev–Trinajstić information content (AvgIpc) is 3.02. The molecule has 0 spiro atoms. The topological polar surface area (TPSA) is 64.0 Å². The summed E-state index contributed by atoms with van der Waals surface area (Å²) in [6.45, 7) is 3.66. The van der Waals surface area contributed by atoms with Gasteiger partial charge in [0.05, 0.1) is 22.4 Å². The highest BCUT2D eigenvalue weighted by atomic mass is 35.5. The first-order chi connectivity index (χ1) is 11.9. The molecule has 0 fully saturated rings. The van der Waals surface area contributed by atoms with Crippen LogP contribution in [-0.4, -0.2) is 15.5 Å². The zero-order chi connectivity index (χ0) is 18.1. The molecule has 0 unspecified atom stereocenters. The van der Waals surface area contributed by atoms with Crippen LogP contribution < -0.4 is 10.9 Å². The molecule has 2 aromatic heterocycles. The van der Waals surface area contributed by atoms with Crippen LogP contribution in [0, 0.1) is 0 Å². The highest BCUT2D eigenvalue weighted by molar-refractivity contribution is 7.18. The van der Waals surface area contributed by atoms with Gasteiger partial charge in [-0.15, -0.1) is 11.3 Å². The lowest BCUT2D eigenvalue weighted by atomic mass is 10.2. The minimum absolute atomic E-state index is 0.235. The van der Waals surface area contributed by atoms with E-state index in [2.05, 4.69) is 10.3 Å². The summed E-state index contributed by atoms with van der Waals surface area (Å²) >= 11 is 13.5. The van der Waals surface area contributed by atoms with E-state index in [4.69, 9.17) is 23.2 Å². The molecule has 1 aromatic carbocycles. The Labute approximate surface area is 158 Å². The van der Waals surface area contributed by atoms with Crippen LogP contribution in [0.4, 0.5) is 5.69 Å². The second kappa shape index (κ2) is 7.15. The van der Waals surface area contributed by atoms with Crippen molar-refractivity contribution in [1.29, 1.82) is 0 Å². The number of aryl methyl sites for hydroxylation is 1. The normalized spacial score (nSPS) is 12.3. The van der Waals surface area contributed by atoms with Crippen molar-refractivity contribution in [3.63, 3.8) is 0 Å². The molecule has 2 heterocycles. The monoisotopic (exact) mass is 395 g/mol. The first-order valence-electron chi connectivity index (χ1n) is 7.66. The van der Waals surface area contributed by atoms with Gasteiger partial charge in [0.2, 0.25) is 5.91 Å². The van der Waals surface area contributed by atoms with Crippen LogP contribution in [0.25, 0.3) is 10.2 Å². The molecular formula is C17H15Cl2N3O2S. The Bertz CT molecular complexity index is 1010. The van der Waals surface area contributed by atoms with E-state index in [0.717, 1.165) is 11.3 Å². The van der Waals surface area contributed by atoms with E-state index in [1.54, 1.807) is 25.1 Å². The fraction of sp³-hybridized carbons (Fsp3) is 0.235. The Balaban J connectivity index is 1.92. The molecule has 0 saturated heterocycles. The Morgan fingerprint density at radius 3 is 2.84 bits per heavy atom. The molecule has 1 atom stereocenters. The zero-order valence-corrected chi connectivity index (χ0v) is 15.9. The molecule has 0 saturated carbocycles. The van der Waals surface area contributed by atoms with Crippen LogP contribution in [-0.2, 0) is 11.2 Å². The molecule has 3 rings (SSSR count). The van der Waals surface area contributed by atoms with Gasteiger partial charge in [-0.1, -0.05) is 30.1 Å². The second-order valence-corrected chi connectivity index (χ2v) is 7.49. The molecule has 130 valence electrons. The van der Waals surface area contributed by atoms with Crippen molar-refractivity contribution in [3.05, 3.63) is 55.9 Å². The van der Waals surface area contributed by atoms with E-state index in [1.807, 2.05) is 13.0 Å². The summed E-state index contributed by atoms with van der Waals surface area (Å²) in [4.78, 5) is 31.3. The Hall–Kier alpha value is -1.89. The molecule has 1 N–H and O–H groups in total. The number of anilines is 1. The Morgan fingerprint density at radius 2 is 2.12 bits per heavy atom. The summed E-state index contributed by atoms with van der Waals surface area (Å²) in [5.74, 6) is -0.377. The van der Waals surface area contributed by atoms with Gasteiger partial charge in [-0.3, -0.25) is 14.2 Å². The standard InChI is InChI=1S/C17H15Cl2N3O2S/c1-3-11-7-12-16(25-11)20-8-22(17(12)24)9(2)15(23)21-14-6-10(18)4-5-13(14)19/h4-9H,3H2,1-2H3,(H,21,23)/t9-/m0/s1. The molecule has 5 nitrogen and oxygen atoms in total. The molecule has 0 aliphatic heterocycles. The summed E-state index contributed by atoms with van der Waals surface area (Å²) in [5.41, 5.74) is 0.165. The molecular weight excluding hydrogens is 381 g/mol. The van der Waals surface area contributed by atoms with Gasteiger partial charge in [0, 0.05) is 9.90 Å². The number of hydrogen-bond donors (Lipinski definition) is 1. The maximum atomic E-state index is 12.7. The van der Waals surface area contributed by atoms with Crippen LogP contribution in [0.5, 0.6) is 0 Å². The summed E-state index contributed by atoms with van der Waals surface area (Å²) in [6.07, 6.45) is 2.24. The van der Waals surface area contributed by atoms with E-state index < -0.39 is 6.04 Å². The molecule has 25 heavy (non-hydrogen) atoms. The Kier molecular flexibility index (Phi) is 5.13. The van der Waals surface area contributed by atoms with Crippen LogP contribution in [0.15, 0.2) is 35.4 Å². The number of nitrogens with one attached hydrogen (secondary N) is 1. The predicted molar refractivity (Wildman–Crippen MR) is 103 cm³/mol. The number of aromatic nitrogens is 2. The van der Waals surface area contributed by atoms with Gasteiger partial charge in [0.1, 0.15) is 10.9 Å². The van der Waals surface area contributed by atoms with Gasteiger partial charge in [-0.05, 0) is 37.6 Å². The maximum absolute atomic E-state index is 12.7. The fourth-order valence-electron chi connectivity index (χ4n) is 2.39. The number of rotatable bonds is 4. The van der Waals surface area contributed by atoms with Crippen LogP contribution in [0.1, 0.15) is 24.8 Å². The number of fused-ring (bicyclic) bond motifs is 1. The van der Waals surface area contributed by atoms with Crippen molar-refractivity contribution in [2.24, 2.45) is 0 Å². The fourth-order valence-corrected chi connectivity index (χ4v) is 3.66. The van der Waals surface area contributed by atoms with E-state index >= 15 is 0 Å². The number of halogens is 2. The predicted octanol–water partition coefficient (Wildman–Crippen LogP) is 4.53. The lowest BCUT2D eigenvalue weighted by molar-refractivity contribution is -0.118. The van der Waals surface area contributed by atoms with E-state index in [9.17, 15) is 9.59 Å². The first-order valence-corrected chi connectivity index (χ1v) is 9.23. The van der Waals surface area contributed by atoms with Crippen molar-refractivity contribution >= 4 is 56.3 Å². The highest BCUT2D eigenvalue weighted by Gasteiger charge is 2.19. The summed E-state index contributed by atoms with van der Waals surface area (Å²) < 4.78 is 1.32. The second-order valence-electron chi connectivity index (χ2n) is 5.53. The number of benzene rings is 1. The number of hydrogen-bond acceptors (Lipinski definition) is 4. The van der Waals surface area contributed by atoms with Crippen molar-refractivity contribution in [2.45, 2.75) is 26.3 Å². The lowest BCUT2D eigenvalue weighted by Gasteiger charge is -2.15. The van der Waals surface area contributed by atoms with Gasteiger partial charge in [0.25, 0.3) is 5.56 Å². The molecule has 0 aliphatic rings. The average molecular weight is 396 g/mol. The summed E-state index contributed by atoms with van der Waals surface area (Å²) in [7, 11) is 0. The van der Waals surface area contributed by atoms with Crippen molar-refractivity contribution in [2.75, 3.05) is 5.32 Å². The van der Waals surface area contributed by atoms with Crippen LogP contribution in [0.2, 0.25) is 10.0 Å². The lowest BCUT2D eigenvalue weighted by Crippen LogP contribution is -2.31. The maximum Gasteiger partial charge on any atom is 0.262 e. The van der Waals surface area contributed by atoms with E-state index in [0.29, 0.717) is 25.9 Å². The molecule has 0 bridgehead atoms. The number of thiophene rings is 1. The summed E-state index contributed by atoms with van der Waals surface area (Å²) in [6, 6.07) is 5.88. The van der Waals surface area contributed by atoms with Crippen LogP contribution >= 0.6 is 34.5 Å². The zero-order valence-electron chi connectivity index (χ0n) is 13.5. The molecule has 0 radical (unpaired) electrons. The molecule has 1 amide bonds. The van der Waals surface area contributed by atoms with Crippen molar-refractivity contribution in [1.82, 2.24) is 9.55 Å². The van der Waals surface area contributed by atoms with Gasteiger partial charge in [-0.25, -0.2) is 4.98 Å². The number of carbonyl (C=O) groups is 1. The molecule has 0 aliphatic carbocycles. The molecule has 3 aromatic rings. The van der Waals surface area contributed by atoms with E-state index in [1.165, 1.54) is 22.2 Å². The van der Waals surface area contributed by atoms with Crippen molar-refractivity contribution in [3.8, 4) is 0 Å². The van der Waals surface area contributed by atoms with Crippen LogP contribution in [0.3, 0.4) is 0 Å². The Morgan fingerprint density at radius 1 is 1.36 bits per heavy atom. The number of amides is 1. The third-order valence-electron chi connectivity index (χ3n) is 3.86. The smallest absolute Gasteiger partial charge is 0.262 e. The van der Waals surface area contributed by atoms with Crippen molar-refractivity contribution < 1.29 is 4.79 Å². The minimum Gasteiger partial charge on any atom is -0.323 e.